The third-order valence-corrected chi connectivity index (χ3v) is 6.27. The Hall–Kier alpha value is -3.47. The van der Waals surface area contributed by atoms with Gasteiger partial charge in [0.15, 0.2) is 0 Å². The van der Waals surface area contributed by atoms with Crippen molar-refractivity contribution in [1.82, 2.24) is 14.8 Å². The normalized spacial score (nSPS) is 25.3. The fourth-order valence-electron chi connectivity index (χ4n) is 4.99. The molecule has 8 heteroatoms. The number of benzene rings is 1. The molecule has 0 aliphatic carbocycles. The first-order chi connectivity index (χ1) is 14.2. The number of likely N-dealkylation sites (tertiary alicyclic amines) is 1. The molecule has 0 saturated carbocycles. The highest BCUT2D eigenvalue weighted by Crippen LogP contribution is 2.44. The Morgan fingerprint density at radius 3 is 2.70 bits per heavy atom. The van der Waals surface area contributed by atoms with Crippen molar-refractivity contribution in [1.29, 1.82) is 5.26 Å². The second kappa shape index (κ2) is 6.02. The summed E-state index contributed by atoms with van der Waals surface area (Å²) in [6, 6.07) is 7.30. The zero-order valence-corrected chi connectivity index (χ0v) is 17.0. The van der Waals surface area contributed by atoms with E-state index >= 15 is 0 Å². The molecule has 0 radical (unpaired) electrons. The van der Waals surface area contributed by atoms with Gasteiger partial charge < -0.3 is 9.80 Å². The number of nitriles is 1. The van der Waals surface area contributed by atoms with Crippen LogP contribution in [0.2, 0.25) is 0 Å². The lowest BCUT2D eigenvalue weighted by molar-refractivity contribution is -0.143. The number of amides is 4. The van der Waals surface area contributed by atoms with Crippen LogP contribution in [0.3, 0.4) is 0 Å². The van der Waals surface area contributed by atoms with E-state index in [-0.39, 0.29) is 29.9 Å². The van der Waals surface area contributed by atoms with Gasteiger partial charge >= 0.3 is 6.03 Å². The number of fused-ring (bicyclic) bond motifs is 6. The zero-order valence-electron chi connectivity index (χ0n) is 17.0. The van der Waals surface area contributed by atoms with E-state index in [1.54, 1.807) is 40.3 Å². The summed E-state index contributed by atoms with van der Waals surface area (Å²) in [4.78, 5) is 48.5. The minimum Gasteiger partial charge on any atom is -0.334 e. The first-order valence-corrected chi connectivity index (χ1v) is 9.99. The number of aromatic nitrogens is 1. The fourth-order valence-corrected chi connectivity index (χ4v) is 4.99. The lowest BCUT2D eigenvalue weighted by Crippen LogP contribution is -2.56. The molecule has 3 aliphatic rings. The Morgan fingerprint density at radius 1 is 1.23 bits per heavy atom. The first-order valence-electron chi connectivity index (χ1n) is 9.99. The van der Waals surface area contributed by atoms with Crippen molar-refractivity contribution < 1.29 is 14.4 Å². The summed E-state index contributed by atoms with van der Waals surface area (Å²) in [6.45, 7) is 6.05. The molecule has 0 spiro atoms. The van der Waals surface area contributed by atoms with Crippen LogP contribution in [0.5, 0.6) is 0 Å². The average molecular weight is 403 g/mol. The molecule has 5 rings (SSSR count). The number of rotatable bonds is 1. The highest BCUT2D eigenvalue weighted by atomic mass is 16.2. The summed E-state index contributed by atoms with van der Waals surface area (Å²) < 4.78 is 0. The van der Waals surface area contributed by atoms with E-state index in [0.717, 1.165) is 0 Å². The van der Waals surface area contributed by atoms with Crippen molar-refractivity contribution in [2.45, 2.75) is 45.3 Å². The van der Waals surface area contributed by atoms with Crippen LogP contribution in [0.4, 0.5) is 10.5 Å². The number of pyridine rings is 1. The van der Waals surface area contributed by atoms with Gasteiger partial charge in [-0.2, -0.15) is 5.26 Å². The van der Waals surface area contributed by atoms with Gasteiger partial charge in [-0.15, -0.1) is 0 Å². The number of carbonyl (C=O) groups is 3. The lowest BCUT2D eigenvalue weighted by Gasteiger charge is -2.37. The predicted octanol–water partition coefficient (Wildman–Crippen LogP) is 2.27. The molecule has 30 heavy (non-hydrogen) atoms. The van der Waals surface area contributed by atoms with Gasteiger partial charge in [0.2, 0.25) is 5.91 Å². The van der Waals surface area contributed by atoms with Crippen LogP contribution in [-0.2, 0) is 9.59 Å². The van der Waals surface area contributed by atoms with E-state index in [4.69, 9.17) is 0 Å². The maximum atomic E-state index is 13.4. The molecule has 4 heterocycles. The van der Waals surface area contributed by atoms with E-state index in [1.165, 1.54) is 4.90 Å². The third-order valence-electron chi connectivity index (χ3n) is 6.27. The monoisotopic (exact) mass is 403 g/mol. The molecule has 3 fully saturated rings. The fraction of sp³-hybridized carbons (Fsp3) is 0.409. The Balaban J connectivity index is 1.56. The summed E-state index contributed by atoms with van der Waals surface area (Å²) in [5.41, 5.74) is 0.721. The number of carbonyl (C=O) groups excluding carboxylic acids is 3. The van der Waals surface area contributed by atoms with Crippen LogP contribution < -0.4 is 4.90 Å². The SMILES string of the molecule is CC(C)(C)C(=O)N1C[C@H]2CC1C1C(=O)N(c3ccc(C#N)c4ncccc34)C(=O)N12. The molecule has 2 aromatic rings. The molecular formula is C22H21N5O3. The van der Waals surface area contributed by atoms with E-state index in [9.17, 15) is 19.6 Å². The summed E-state index contributed by atoms with van der Waals surface area (Å²) >= 11 is 0. The molecule has 0 N–H and O–H groups in total. The molecule has 3 aliphatic heterocycles. The van der Waals surface area contributed by atoms with Crippen molar-refractivity contribution in [3.05, 3.63) is 36.0 Å². The minimum absolute atomic E-state index is 0.00127. The maximum Gasteiger partial charge on any atom is 0.332 e. The summed E-state index contributed by atoms with van der Waals surface area (Å²) in [5, 5.41) is 9.95. The molecule has 2 bridgehead atoms. The highest BCUT2D eigenvalue weighted by Gasteiger charge is 2.63. The van der Waals surface area contributed by atoms with Gasteiger partial charge in [-0.1, -0.05) is 20.8 Å². The number of hydrogen-bond donors (Lipinski definition) is 0. The number of hydrogen-bond acceptors (Lipinski definition) is 5. The number of nitrogens with zero attached hydrogens (tertiary/aromatic N) is 5. The van der Waals surface area contributed by atoms with E-state index in [1.807, 2.05) is 20.8 Å². The summed E-state index contributed by atoms with van der Waals surface area (Å²) in [5.74, 6) is -0.324. The number of piperazine rings is 1. The Morgan fingerprint density at radius 2 is 2.00 bits per heavy atom. The van der Waals surface area contributed by atoms with Gasteiger partial charge in [-0.25, -0.2) is 9.69 Å². The first kappa shape index (κ1) is 18.6. The largest absolute Gasteiger partial charge is 0.334 e. The standard InChI is InChI=1S/C22H21N5O3/c1-22(2,3)20(29)25-11-13-9-16(25)18-19(28)27(21(30)26(13)18)15-7-6-12(10-23)17-14(15)5-4-8-24-17/h4-8,13,16,18H,9,11H2,1-3H3/t13-,16?,18?/m1/s1. The van der Waals surface area contributed by atoms with Crippen molar-refractivity contribution in [3.63, 3.8) is 0 Å². The van der Waals surface area contributed by atoms with Crippen molar-refractivity contribution in [2.24, 2.45) is 5.41 Å². The molecule has 4 amide bonds. The van der Waals surface area contributed by atoms with Crippen LogP contribution in [-0.4, -0.2) is 57.3 Å². The zero-order chi connectivity index (χ0) is 21.4. The topological polar surface area (TPSA) is 97.6 Å². The Labute approximate surface area is 173 Å². The quantitative estimate of drug-likeness (QED) is 0.681. The number of imide groups is 1. The van der Waals surface area contributed by atoms with Crippen LogP contribution in [0, 0.1) is 16.7 Å². The van der Waals surface area contributed by atoms with E-state index in [2.05, 4.69) is 11.1 Å². The van der Waals surface area contributed by atoms with Gasteiger partial charge in [0.05, 0.1) is 28.9 Å². The van der Waals surface area contributed by atoms with Crippen LogP contribution in [0.15, 0.2) is 30.5 Å². The van der Waals surface area contributed by atoms with Crippen molar-refractivity contribution in [3.8, 4) is 6.07 Å². The molecular weight excluding hydrogens is 382 g/mol. The number of urea groups is 1. The van der Waals surface area contributed by atoms with Crippen molar-refractivity contribution in [2.75, 3.05) is 11.4 Å². The molecule has 2 unspecified atom stereocenters. The van der Waals surface area contributed by atoms with Gasteiger partial charge in [-0.05, 0) is 30.7 Å². The van der Waals surface area contributed by atoms with Crippen molar-refractivity contribution >= 4 is 34.4 Å². The molecule has 8 nitrogen and oxygen atoms in total. The van der Waals surface area contributed by atoms with Crippen LogP contribution >= 0.6 is 0 Å². The van der Waals surface area contributed by atoms with Gasteiger partial charge in [0, 0.05) is 23.5 Å². The molecule has 1 aromatic carbocycles. The summed E-state index contributed by atoms with van der Waals surface area (Å²) in [7, 11) is 0. The maximum absolute atomic E-state index is 13.4. The van der Waals surface area contributed by atoms with Crippen LogP contribution in [0.1, 0.15) is 32.8 Å². The number of anilines is 1. The summed E-state index contributed by atoms with van der Waals surface area (Å²) in [6.07, 6.45) is 2.21. The van der Waals surface area contributed by atoms with E-state index < -0.39 is 11.5 Å². The molecule has 1 aromatic heterocycles. The lowest BCUT2D eigenvalue weighted by atomic mass is 9.93. The predicted molar refractivity (Wildman–Crippen MR) is 108 cm³/mol. The van der Waals surface area contributed by atoms with Gasteiger partial charge in [0.1, 0.15) is 12.1 Å². The Kier molecular flexibility index (Phi) is 3.72. The third kappa shape index (κ3) is 2.32. The van der Waals surface area contributed by atoms with Gasteiger partial charge in [-0.3, -0.25) is 14.6 Å². The molecule has 3 atom stereocenters. The van der Waals surface area contributed by atoms with Crippen LogP contribution in [0.25, 0.3) is 10.9 Å². The minimum atomic E-state index is -0.662. The Bertz CT molecular complexity index is 1160. The molecule has 3 saturated heterocycles. The average Bonchev–Trinajstić information content (AvgIpc) is 3.37. The second-order valence-electron chi connectivity index (χ2n) is 9.12. The van der Waals surface area contributed by atoms with E-state index in [0.29, 0.717) is 35.1 Å². The molecule has 152 valence electrons. The highest BCUT2D eigenvalue weighted by molar-refractivity contribution is 6.25. The van der Waals surface area contributed by atoms with Gasteiger partial charge in [0.25, 0.3) is 5.91 Å². The smallest absolute Gasteiger partial charge is 0.332 e. The second-order valence-corrected chi connectivity index (χ2v) is 9.12.